The molecule has 15 heavy (non-hydrogen) atoms. The van der Waals surface area contributed by atoms with Gasteiger partial charge in [0.2, 0.25) is 0 Å². The maximum atomic E-state index is 2.41. The number of hydrogen-bond acceptors (Lipinski definition) is 0. The van der Waals surface area contributed by atoms with Crippen molar-refractivity contribution < 1.29 is 0 Å². The Labute approximate surface area is 92.3 Å². The van der Waals surface area contributed by atoms with Gasteiger partial charge in [0.15, 0.2) is 0 Å². The normalized spacial score (nSPS) is 16.5. The summed E-state index contributed by atoms with van der Waals surface area (Å²) in [6.07, 6.45) is 7.18. The third kappa shape index (κ3) is 1.99. The van der Waals surface area contributed by atoms with Crippen LogP contribution < -0.4 is 10.4 Å². The monoisotopic (exact) mass is 200 g/mol. The molecular formula is C15H20. The smallest absolute Gasteiger partial charge is 0.0161 e. The molecule has 0 fully saturated rings. The molecule has 0 heteroatoms. The summed E-state index contributed by atoms with van der Waals surface area (Å²) in [4.78, 5) is 0. The highest BCUT2D eigenvalue weighted by Crippen LogP contribution is 2.20. The number of benzene rings is 1. The molecule has 1 atom stereocenters. The van der Waals surface area contributed by atoms with Gasteiger partial charge < -0.3 is 0 Å². The van der Waals surface area contributed by atoms with Gasteiger partial charge in [-0.25, -0.2) is 0 Å². The van der Waals surface area contributed by atoms with Crippen molar-refractivity contribution in [3.8, 4) is 0 Å². The summed E-state index contributed by atoms with van der Waals surface area (Å²) < 4.78 is 0. The first-order valence-corrected chi connectivity index (χ1v) is 5.99. The van der Waals surface area contributed by atoms with E-state index in [1.807, 2.05) is 0 Å². The zero-order chi connectivity index (χ0) is 10.8. The molecule has 0 radical (unpaired) electrons. The molecule has 0 N–H and O–H groups in total. The van der Waals surface area contributed by atoms with Gasteiger partial charge in [-0.15, -0.1) is 0 Å². The second-order valence-electron chi connectivity index (χ2n) is 4.87. The lowest BCUT2D eigenvalue weighted by molar-refractivity contribution is 0.532. The van der Waals surface area contributed by atoms with Crippen molar-refractivity contribution in [3.63, 3.8) is 0 Å². The van der Waals surface area contributed by atoms with Gasteiger partial charge in [0.05, 0.1) is 0 Å². The van der Waals surface area contributed by atoms with Crippen molar-refractivity contribution in [2.75, 3.05) is 0 Å². The summed E-state index contributed by atoms with van der Waals surface area (Å²) >= 11 is 0. The van der Waals surface area contributed by atoms with Crippen molar-refractivity contribution in [2.45, 2.75) is 39.5 Å². The molecule has 2 rings (SSSR count). The fraction of sp³-hybridized carbons (Fsp3) is 0.467. The summed E-state index contributed by atoms with van der Waals surface area (Å²) in [7, 11) is 0. The molecule has 0 saturated carbocycles. The molecule has 0 amide bonds. The Balaban J connectivity index is 2.59. The van der Waals surface area contributed by atoms with Gasteiger partial charge in [0.1, 0.15) is 0 Å². The van der Waals surface area contributed by atoms with Gasteiger partial charge in [-0.05, 0) is 40.7 Å². The Morgan fingerprint density at radius 2 is 1.73 bits per heavy atom. The van der Waals surface area contributed by atoms with Crippen molar-refractivity contribution in [1.82, 2.24) is 0 Å². The van der Waals surface area contributed by atoms with Crippen LogP contribution in [-0.2, 0) is 0 Å². The molecule has 0 heterocycles. The van der Waals surface area contributed by atoms with E-state index in [1.54, 1.807) is 0 Å². The van der Waals surface area contributed by atoms with Crippen LogP contribution in [0.4, 0.5) is 0 Å². The van der Waals surface area contributed by atoms with Crippen molar-refractivity contribution in [1.29, 1.82) is 0 Å². The van der Waals surface area contributed by atoms with E-state index in [0.29, 0.717) is 11.8 Å². The molecule has 80 valence electrons. The Bertz CT molecular complexity index is 451. The fourth-order valence-corrected chi connectivity index (χ4v) is 2.24. The van der Waals surface area contributed by atoms with Gasteiger partial charge in [0, 0.05) is 0 Å². The first kappa shape index (κ1) is 10.5. The van der Waals surface area contributed by atoms with Crippen LogP contribution in [0, 0.1) is 5.92 Å². The third-order valence-electron chi connectivity index (χ3n) is 3.54. The molecule has 1 unspecified atom stereocenters. The first-order chi connectivity index (χ1) is 7.20. The molecule has 0 bridgehead atoms. The second-order valence-corrected chi connectivity index (χ2v) is 4.87. The van der Waals surface area contributed by atoms with E-state index in [4.69, 9.17) is 0 Å². The van der Waals surface area contributed by atoms with Gasteiger partial charge in [-0.2, -0.15) is 0 Å². The maximum Gasteiger partial charge on any atom is -0.0161 e. The second kappa shape index (κ2) is 4.22. The molecule has 0 nitrogen and oxygen atoms in total. The van der Waals surface area contributed by atoms with E-state index >= 15 is 0 Å². The highest BCUT2D eigenvalue weighted by Gasteiger charge is 2.11. The molecule has 1 aliphatic rings. The molecular weight excluding hydrogens is 180 g/mol. The SMILES string of the molecule is CC(C)C(C)c1cccc2c1=CCCC=2. The van der Waals surface area contributed by atoms with Crippen LogP contribution in [0.25, 0.3) is 12.2 Å². The highest BCUT2D eigenvalue weighted by atomic mass is 14.2. The standard InChI is InChI=1S/C15H20/c1-11(2)12(3)14-10-6-8-13-7-4-5-9-15(13)14/h6-12H,4-5H2,1-3H3. The lowest BCUT2D eigenvalue weighted by atomic mass is 9.87. The number of fused-ring (bicyclic) bond motifs is 1. The lowest BCUT2D eigenvalue weighted by Gasteiger charge is -2.18. The van der Waals surface area contributed by atoms with Crippen LogP contribution in [0.15, 0.2) is 18.2 Å². The topological polar surface area (TPSA) is 0 Å². The average Bonchev–Trinajstić information content (AvgIpc) is 2.27. The zero-order valence-corrected chi connectivity index (χ0v) is 9.96. The highest BCUT2D eigenvalue weighted by molar-refractivity contribution is 5.42. The zero-order valence-electron chi connectivity index (χ0n) is 9.96. The van der Waals surface area contributed by atoms with E-state index in [9.17, 15) is 0 Å². The number of rotatable bonds is 2. The Hall–Kier alpha value is -1.04. The van der Waals surface area contributed by atoms with Crippen molar-refractivity contribution in [3.05, 3.63) is 34.2 Å². The Kier molecular flexibility index (Phi) is 2.95. The van der Waals surface area contributed by atoms with Gasteiger partial charge in [0.25, 0.3) is 0 Å². The minimum atomic E-state index is 0.655. The van der Waals surface area contributed by atoms with Crippen LogP contribution in [0.1, 0.15) is 45.1 Å². The van der Waals surface area contributed by atoms with E-state index in [-0.39, 0.29) is 0 Å². The molecule has 0 spiro atoms. The summed E-state index contributed by atoms with van der Waals surface area (Å²) in [5.74, 6) is 1.37. The first-order valence-electron chi connectivity index (χ1n) is 5.99. The minimum Gasteiger partial charge on any atom is -0.0764 e. The largest absolute Gasteiger partial charge is 0.0764 e. The molecule has 0 aromatic heterocycles. The van der Waals surface area contributed by atoms with E-state index in [1.165, 1.54) is 28.8 Å². The third-order valence-corrected chi connectivity index (χ3v) is 3.54. The van der Waals surface area contributed by atoms with Gasteiger partial charge >= 0.3 is 0 Å². The molecule has 1 aromatic carbocycles. The van der Waals surface area contributed by atoms with Crippen LogP contribution >= 0.6 is 0 Å². The molecule has 1 aliphatic carbocycles. The predicted octanol–water partition coefficient (Wildman–Crippen LogP) is 2.80. The summed E-state index contributed by atoms with van der Waals surface area (Å²) in [5.41, 5.74) is 1.53. The lowest BCUT2D eigenvalue weighted by Crippen LogP contribution is -2.31. The van der Waals surface area contributed by atoms with Crippen LogP contribution in [0.3, 0.4) is 0 Å². The quantitative estimate of drug-likeness (QED) is 0.688. The van der Waals surface area contributed by atoms with E-state index in [2.05, 4.69) is 51.1 Å². The Morgan fingerprint density at radius 3 is 2.47 bits per heavy atom. The van der Waals surface area contributed by atoms with Gasteiger partial charge in [-0.3, -0.25) is 0 Å². The van der Waals surface area contributed by atoms with Crippen LogP contribution in [0.5, 0.6) is 0 Å². The maximum absolute atomic E-state index is 2.41. The minimum absolute atomic E-state index is 0.655. The average molecular weight is 200 g/mol. The fourth-order valence-electron chi connectivity index (χ4n) is 2.24. The van der Waals surface area contributed by atoms with Crippen molar-refractivity contribution >= 4 is 12.2 Å². The summed E-state index contributed by atoms with van der Waals surface area (Å²) in [5, 5.41) is 2.93. The van der Waals surface area contributed by atoms with Crippen LogP contribution in [-0.4, -0.2) is 0 Å². The molecule has 0 aliphatic heterocycles. The molecule has 1 aromatic rings. The summed E-state index contributed by atoms with van der Waals surface area (Å²) in [6.45, 7) is 6.94. The summed E-state index contributed by atoms with van der Waals surface area (Å²) in [6, 6.07) is 6.73. The van der Waals surface area contributed by atoms with E-state index < -0.39 is 0 Å². The molecule has 0 saturated heterocycles. The van der Waals surface area contributed by atoms with E-state index in [0.717, 1.165) is 0 Å². The van der Waals surface area contributed by atoms with Gasteiger partial charge in [-0.1, -0.05) is 51.1 Å². The predicted molar refractivity (Wildman–Crippen MR) is 67.1 cm³/mol. The van der Waals surface area contributed by atoms with Crippen molar-refractivity contribution in [2.24, 2.45) is 5.92 Å². The number of hydrogen-bond donors (Lipinski definition) is 0. The Morgan fingerprint density at radius 1 is 1.00 bits per heavy atom. The van der Waals surface area contributed by atoms with Crippen LogP contribution in [0.2, 0.25) is 0 Å².